The molecule has 0 aliphatic rings. The highest BCUT2D eigenvalue weighted by Crippen LogP contribution is 2.10. The molecule has 144 valence electrons. The van der Waals surface area contributed by atoms with Gasteiger partial charge in [-0.3, -0.25) is 4.79 Å². The van der Waals surface area contributed by atoms with E-state index in [0.29, 0.717) is 19.4 Å². The molecule has 0 N–H and O–H groups in total. The molecule has 3 nitrogen and oxygen atoms in total. The molecule has 0 amide bonds. The highest BCUT2D eigenvalue weighted by Gasteiger charge is 2.02. The van der Waals surface area contributed by atoms with Gasteiger partial charge in [-0.05, 0) is 32.6 Å². The van der Waals surface area contributed by atoms with E-state index >= 15 is 0 Å². The summed E-state index contributed by atoms with van der Waals surface area (Å²) in [6, 6.07) is 0. The van der Waals surface area contributed by atoms with Gasteiger partial charge in [0.15, 0.2) is 0 Å². The first-order chi connectivity index (χ1) is 12.3. The van der Waals surface area contributed by atoms with E-state index in [1.807, 2.05) is 6.92 Å². The molecule has 0 radical (unpaired) electrons. The normalized spacial score (nSPS) is 10.1. The Bertz CT molecular complexity index is 365. The van der Waals surface area contributed by atoms with Crippen LogP contribution in [0.2, 0.25) is 0 Å². The predicted octanol–water partition coefficient (Wildman–Crippen LogP) is 5.99. The van der Waals surface area contributed by atoms with Gasteiger partial charge in [0.25, 0.3) is 0 Å². The summed E-state index contributed by atoms with van der Waals surface area (Å²) in [5.41, 5.74) is 0. The van der Waals surface area contributed by atoms with Gasteiger partial charge in [-0.25, -0.2) is 0 Å². The zero-order valence-corrected chi connectivity index (χ0v) is 16.3. The maximum atomic E-state index is 11.6. The number of rotatable bonds is 18. The van der Waals surface area contributed by atoms with Crippen molar-refractivity contribution in [2.75, 3.05) is 6.61 Å². The lowest BCUT2D eigenvalue weighted by atomic mass is 10.1. The van der Waals surface area contributed by atoms with Gasteiger partial charge in [-0.1, -0.05) is 57.8 Å². The predicted molar refractivity (Wildman–Crippen MR) is 104 cm³/mol. The van der Waals surface area contributed by atoms with E-state index in [-0.39, 0.29) is 5.97 Å². The van der Waals surface area contributed by atoms with Crippen molar-refractivity contribution >= 4 is 12.3 Å². The summed E-state index contributed by atoms with van der Waals surface area (Å²) >= 11 is 0. The van der Waals surface area contributed by atoms with Crippen LogP contribution in [-0.4, -0.2) is 18.9 Å². The van der Waals surface area contributed by atoms with Gasteiger partial charge in [0.05, 0.1) is 6.61 Å². The Labute approximate surface area is 155 Å². The molecule has 0 aliphatic carbocycles. The Kier molecular flexibility index (Phi) is 19.7. The first-order valence-electron chi connectivity index (χ1n) is 10.3. The molecule has 0 atom stereocenters. The smallest absolute Gasteiger partial charge is 0.305 e. The quantitative estimate of drug-likeness (QED) is 0.132. The van der Waals surface area contributed by atoms with Gasteiger partial charge in [0, 0.05) is 19.3 Å². The summed E-state index contributed by atoms with van der Waals surface area (Å²) in [7, 11) is 0. The van der Waals surface area contributed by atoms with Crippen LogP contribution >= 0.6 is 0 Å². The molecule has 0 aliphatic heterocycles. The van der Waals surface area contributed by atoms with Gasteiger partial charge in [-0.15, -0.1) is 11.8 Å². The number of aldehydes is 1. The SMILES string of the molecule is CC#CCCCCCCCCCOC(=O)CCCCCCCCC=O. The minimum Gasteiger partial charge on any atom is -0.466 e. The van der Waals surface area contributed by atoms with Crippen molar-refractivity contribution in [1.82, 2.24) is 0 Å². The van der Waals surface area contributed by atoms with Gasteiger partial charge < -0.3 is 9.53 Å². The van der Waals surface area contributed by atoms with Crippen LogP contribution in [0.3, 0.4) is 0 Å². The fourth-order valence-electron chi connectivity index (χ4n) is 2.79. The van der Waals surface area contributed by atoms with Crippen molar-refractivity contribution in [1.29, 1.82) is 0 Å². The average Bonchev–Trinajstić information content (AvgIpc) is 2.62. The second kappa shape index (κ2) is 20.7. The van der Waals surface area contributed by atoms with E-state index in [2.05, 4.69) is 11.8 Å². The summed E-state index contributed by atoms with van der Waals surface area (Å²) in [6.45, 7) is 2.48. The number of hydrogen-bond acceptors (Lipinski definition) is 3. The van der Waals surface area contributed by atoms with Crippen LogP contribution in [0.1, 0.15) is 110 Å². The van der Waals surface area contributed by atoms with Crippen molar-refractivity contribution in [3.05, 3.63) is 0 Å². The number of ether oxygens (including phenoxy) is 1. The monoisotopic (exact) mass is 350 g/mol. The van der Waals surface area contributed by atoms with Crippen LogP contribution in [0.4, 0.5) is 0 Å². The van der Waals surface area contributed by atoms with Crippen molar-refractivity contribution in [3.63, 3.8) is 0 Å². The van der Waals surface area contributed by atoms with Crippen LogP contribution < -0.4 is 0 Å². The fourth-order valence-corrected chi connectivity index (χ4v) is 2.79. The number of carbonyl (C=O) groups excluding carboxylic acids is 2. The summed E-state index contributed by atoms with van der Waals surface area (Å²) in [5, 5.41) is 0. The fraction of sp³-hybridized carbons (Fsp3) is 0.818. The topological polar surface area (TPSA) is 43.4 Å². The molecule has 3 heteroatoms. The molecule has 0 unspecified atom stereocenters. The molecule has 0 fully saturated rings. The minimum atomic E-state index is -0.0435. The summed E-state index contributed by atoms with van der Waals surface area (Å²) in [5.74, 6) is 5.98. The summed E-state index contributed by atoms with van der Waals surface area (Å²) in [4.78, 5) is 21.8. The second-order valence-electron chi connectivity index (χ2n) is 6.70. The Morgan fingerprint density at radius 1 is 0.800 bits per heavy atom. The van der Waals surface area contributed by atoms with E-state index in [0.717, 1.165) is 64.1 Å². The zero-order chi connectivity index (χ0) is 18.4. The van der Waals surface area contributed by atoms with Crippen LogP contribution in [-0.2, 0) is 14.3 Å². The van der Waals surface area contributed by atoms with Crippen LogP contribution in [0.25, 0.3) is 0 Å². The number of unbranched alkanes of at least 4 members (excludes halogenated alkanes) is 13. The molecule has 0 saturated heterocycles. The van der Waals surface area contributed by atoms with Gasteiger partial charge >= 0.3 is 5.97 Å². The van der Waals surface area contributed by atoms with E-state index in [1.165, 1.54) is 32.1 Å². The van der Waals surface area contributed by atoms with Gasteiger partial charge in [0.1, 0.15) is 6.29 Å². The lowest BCUT2D eigenvalue weighted by Crippen LogP contribution is -2.05. The standard InChI is InChI=1S/C22H38O3/c1-2-3-4-5-6-7-8-12-15-18-21-25-22(24)19-16-13-10-9-11-14-17-20-23/h20H,4-19,21H2,1H3. The highest BCUT2D eigenvalue weighted by molar-refractivity contribution is 5.69. The van der Waals surface area contributed by atoms with Crippen molar-refractivity contribution in [2.45, 2.75) is 110 Å². The van der Waals surface area contributed by atoms with Crippen LogP contribution in [0.5, 0.6) is 0 Å². The van der Waals surface area contributed by atoms with Gasteiger partial charge in [0.2, 0.25) is 0 Å². The number of hydrogen-bond donors (Lipinski definition) is 0. The Hall–Kier alpha value is -1.30. The molecule has 0 aromatic carbocycles. The molecule has 0 saturated carbocycles. The maximum absolute atomic E-state index is 11.6. The Balaban J connectivity index is 3.17. The molecule has 0 heterocycles. The van der Waals surface area contributed by atoms with E-state index < -0.39 is 0 Å². The third-order valence-electron chi connectivity index (χ3n) is 4.34. The first-order valence-corrected chi connectivity index (χ1v) is 10.3. The van der Waals surface area contributed by atoms with Crippen LogP contribution in [0, 0.1) is 11.8 Å². The lowest BCUT2D eigenvalue weighted by Gasteiger charge is -2.05. The molecule has 25 heavy (non-hydrogen) atoms. The first kappa shape index (κ1) is 23.7. The van der Waals surface area contributed by atoms with Crippen molar-refractivity contribution < 1.29 is 14.3 Å². The Morgan fingerprint density at radius 2 is 1.36 bits per heavy atom. The molecule has 0 bridgehead atoms. The lowest BCUT2D eigenvalue weighted by molar-refractivity contribution is -0.143. The zero-order valence-electron chi connectivity index (χ0n) is 16.3. The third kappa shape index (κ3) is 20.7. The van der Waals surface area contributed by atoms with Gasteiger partial charge in [-0.2, -0.15) is 0 Å². The summed E-state index contributed by atoms with van der Waals surface area (Å²) in [6.07, 6.45) is 18.1. The van der Waals surface area contributed by atoms with E-state index in [1.54, 1.807) is 0 Å². The molecular weight excluding hydrogens is 312 g/mol. The van der Waals surface area contributed by atoms with Crippen LogP contribution in [0.15, 0.2) is 0 Å². The number of esters is 1. The van der Waals surface area contributed by atoms with E-state index in [4.69, 9.17) is 4.74 Å². The highest BCUT2D eigenvalue weighted by atomic mass is 16.5. The van der Waals surface area contributed by atoms with Crippen molar-refractivity contribution in [2.24, 2.45) is 0 Å². The Morgan fingerprint density at radius 3 is 2.00 bits per heavy atom. The molecule has 0 aromatic rings. The largest absolute Gasteiger partial charge is 0.466 e. The molecular formula is C22H38O3. The number of carbonyl (C=O) groups is 2. The molecule has 0 rings (SSSR count). The second-order valence-corrected chi connectivity index (χ2v) is 6.70. The third-order valence-corrected chi connectivity index (χ3v) is 4.34. The van der Waals surface area contributed by atoms with Crippen molar-refractivity contribution in [3.8, 4) is 11.8 Å². The summed E-state index contributed by atoms with van der Waals surface area (Å²) < 4.78 is 5.28. The molecule has 0 aromatic heterocycles. The average molecular weight is 351 g/mol. The maximum Gasteiger partial charge on any atom is 0.305 e. The minimum absolute atomic E-state index is 0.0435. The van der Waals surface area contributed by atoms with E-state index in [9.17, 15) is 9.59 Å². The molecule has 0 spiro atoms.